The van der Waals surface area contributed by atoms with Crippen molar-refractivity contribution in [2.45, 2.75) is 13.5 Å². The summed E-state index contributed by atoms with van der Waals surface area (Å²) in [6.45, 7) is 2.62. The van der Waals surface area contributed by atoms with Crippen LogP contribution in [0.3, 0.4) is 0 Å². The van der Waals surface area contributed by atoms with E-state index in [-0.39, 0.29) is 11.8 Å². The van der Waals surface area contributed by atoms with E-state index in [2.05, 4.69) is 30.5 Å². The number of hydrogen-bond donors (Lipinski definition) is 0. The minimum Gasteiger partial charge on any atom is -0.330 e. The molecule has 3 heterocycles. The second kappa shape index (κ2) is 8.53. The second-order valence-electron chi connectivity index (χ2n) is 8.39. The third-order valence-electron chi connectivity index (χ3n) is 5.90. The molecule has 34 heavy (non-hydrogen) atoms. The number of nitrogens with zero attached hydrogens (tertiary/aromatic N) is 5. The number of imidazole rings is 1. The zero-order chi connectivity index (χ0) is 24.0. The minimum absolute atomic E-state index is 0.125. The van der Waals surface area contributed by atoms with Gasteiger partial charge in [0.25, 0.3) is 0 Å². The second-order valence-corrected chi connectivity index (χ2v) is 9.30. The Bertz CT molecular complexity index is 1560. The summed E-state index contributed by atoms with van der Waals surface area (Å²) >= 11 is 3.46. The van der Waals surface area contributed by atoms with Crippen LogP contribution in [-0.4, -0.2) is 49.9 Å². The van der Waals surface area contributed by atoms with Crippen molar-refractivity contribution in [2.24, 2.45) is 0 Å². The number of aromatic nitrogens is 4. The molecular weight excluding hydrogens is 494 g/mol. The van der Waals surface area contributed by atoms with Gasteiger partial charge in [0.2, 0.25) is 0 Å². The van der Waals surface area contributed by atoms with Gasteiger partial charge in [-0.1, -0.05) is 46.3 Å². The van der Waals surface area contributed by atoms with Gasteiger partial charge < -0.3 is 9.47 Å². The van der Waals surface area contributed by atoms with Crippen molar-refractivity contribution in [1.82, 2.24) is 24.0 Å². The smallest absolute Gasteiger partial charge is 0.328 e. The number of rotatable bonds is 4. The molecule has 0 radical (unpaired) electrons. The zero-order valence-corrected chi connectivity index (χ0v) is 20.6. The van der Waals surface area contributed by atoms with Crippen molar-refractivity contribution in [1.29, 1.82) is 0 Å². The summed E-state index contributed by atoms with van der Waals surface area (Å²) in [5.41, 5.74) is 4.70. The predicted molar refractivity (Wildman–Crippen MR) is 135 cm³/mol. The molecule has 5 rings (SSSR count). The summed E-state index contributed by atoms with van der Waals surface area (Å²) in [7, 11) is 3.38. The van der Waals surface area contributed by atoms with Gasteiger partial charge >= 0.3 is 6.03 Å². The lowest BCUT2D eigenvalue weighted by molar-refractivity contribution is 0.104. The third-order valence-corrected chi connectivity index (χ3v) is 6.39. The lowest BCUT2D eigenvalue weighted by Crippen LogP contribution is -2.26. The Kier molecular flexibility index (Phi) is 5.53. The Morgan fingerprint density at radius 1 is 1.03 bits per heavy atom. The lowest BCUT2D eigenvalue weighted by Gasteiger charge is -2.11. The van der Waals surface area contributed by atoms with E-state index in [0.29, 0.717) is 23.2 Å². The van der Waals surface area contributed by atoms with Gasteiger partial charge in [0.1, 0.15) is 11.3 Å². The van der Waals surface area contributed by atoms with Crippen LogP contribution in [0, 0.1) is 6.92 Å². The Morgan fingerprint density at radius 2 is 1.79 bits per heavy atom. The molecule has 7 nitrogen and oxygen atoms in total. The Labute approximate surface area is 204 Å². The highest BCUT2D eigenvalue weighted by Gasteiger charge is 2.21. The highest BCUT2D eigenvalue weighted by atomic mass is 79.9. The molecule has 0 aliphatic rings. The number of fused-ring (bicyclic) bond motifs is 2. The van der Waals surface area contributed by atoms with Crippen molar-refractivity contribution in [3.63, 3.8) is 0 Å². The molecule has 0 saturated heterocycles. The maximum atomic E-state index is 13.4. The normalized spacial score (nSPS) is 11.3. The first-order chi connectivity index (χ1) is 16.3. The van der Waals surface area contributed by atoms with Crippen molar-refractivity contribution in [3.8, 4) is 0 Å². The van der Waals surface area contributed by atoms with Gasteiger partial charge in [0, 0.05) is 54.0 Å². The maximum Gasteiger partial charge on any atom is 0.328 e. The van der Waals surface area contributed by atoms with Crippen LogP contribution in [-0.2, 0) is 6.54 Å². The largest absolute Gasteiger partial charge is 0.330 e. The number of carbonyl (C=O) groups excluding carboxylic acids is 2. The van der Waals surface area contributed by atoms with Crippen LogP contribution >= 0.6 is 15.9 Å². The SMILES string of the molecule is Cc1nc2cnccc2n1Cc1ccc(C(=O)c2cn(C(=O)N(C)C)c3cc(Br)ccc23)cc1. The Hall–Kier alpha value is -3.78. The van der Waals surface area contributed by atoms with Gasteiger partial charge in [-0.25, -0.2) is 9.78 Å². The van der Waals surface area contributed by atoms with Crippen molar-refractivity contribution in [3.05, 3.63) is 94.1 Å². The number of halogens is 1. The van der Waals surface area contributed by atoms with Crippen molar-refractivity contribution < 1.29 is 9.59 Å². The molecule has 0 aliphatic carbocycles. The zero-order valence-electron chi connectivity index (χ0n) is 19.0. The van der Waals surface area contributed by atoms with Crippen LogP contribution in [0.4, 0.5) is 4.79 Å². The molecule has 0 aliphatic heterocycles. The van der Waals surface area contributed by atoms with E-state index in [9.17, 15) is 9.59 Å². The van der Waals surface area contributed by atoms with Crippen LogP contribution < -0.4 is 0 Å². The van der Waals surface area contributed by atoms with Gasteiger partial charge in [-0.15, -0.1) is 0 Å². The Balaban J connectivity index is 1.48. The van der Waals surface area contributed by atoms with E-state index in [1.807, 2.05) is 55.5 Å². The number of benzene rings is 2. The topological polar surface area (TPSA) is 73.0 Å². The van der Waals surface area contributed by atoms with Gasteiger partial charge in [-0.05, 0) is 30.7 Å². The van der Waals surface area contributed by atoms with Gasteiger partial charge in [-0.3, -0.25) is 14.3 Å². The minimum atomic E-state index is -0.212. The predicted octanol–water partition coefficient (Wildman–Crippen LogP) is 5.27. The molecule has 0 atom stereocenters. The van der Waals surface area contributed by atoms with Gasteiger partial charge in [0.05, 0.1) is 17.2 Å². The number of amides is 1. The summed E-state index contributed by atoms with van der Waals surface area (Å²) in [6.07, 6.45) is 5.15. The first kappa shape index (κ1) is 22.0. The van der Waals surface area contributed by atoms with E-state index in [0.717, 1.165) is 32.3 Å². The summed E-state index contributed by atoms with van der Waals surface area (Å²) in [5, 5.41) is 0.738. The average molecular weight is 516 g/mol. The molecule has 2 aromatic carbocycles. The van der Waals surface area contributed by atoms with E-state index < -0.39 is 0 Å². The quantitative estimate of drug-likeness (QED) is 0.306. The fourth-order valence-electron chi connectivity index (χ4n) is 4.16. The molecule has 0 bridgehead atoms. The third kappa shape index (κ3) is 3.80. The molecule has 3 aromatic heterocycles. The van der Waals surface area contributed by atoms with Crippen molar-refractivity contribution >= 4 is 49.7 Å². The Morgan fingerprint density at radius 3 is 2.53 bits per heavy atom. The van der Waals surface area contributed by atoms with E-state index in [1.165, 1.54) is 9.47 Å². The van der Waals surface area contributed by atoms with E-state index in [1.54, 1.807) is 32.7 Å². The highest BCUT2D eigenvalue weighted by Crippen LogP contribution is 2.27. The van der Waals surface area contributed by atoms with Crippen LogP contribution in [0.25, 0.3) is 21.9 Å². The highest BCUT2D eigenvalue weighted by molar-refractivity contribution is 9.10. The fourth-order valence-corrected chi connectivity index (χ4v) is 4.51. The molecule has 8 heteroatoms. The molecule has 0 N–H and O–H groups in total. The molecule has 0 spiro atoms. The van der Waals surface area contributed by atoms with Crippen molar-refractivity contribution in [2.75, 3.05) is 14.1 Å². The number of hydrogen-bond acceptors (Lipinski definition) is 4. The standard InChI is InChI=1S/C26H22BrN5O2/c1-16-29-22-13-28-11-10-23(22)31(16)14-17-4-6-18(7-5-17)25(33)21-15-32(26(34)30(2)3)24-12-19(27)8-9-20(21)24/h4-13,15H,14H2,1-3H3. The molecule has 0 fully saturated rings. The molecule has 1 amide bonds. The lowest BCUT2D eigenvalue weighted by atomic mass is 10.0. The van der Waals surface area contributed by atoms with Crippen LogP contribution in [0.15, 0.2) is 71.6 Å². The molecule has 0 saturated carbocycles. The summed E-state index contributed by atoms with van der Waals surface area (Å²) in [5.74, 6) is 0.784. The summed E-state index contributed by atoms with van der Waals surface area (Å²) in [4.78, 5) is 36.3. The first-order valence-corrected chi connectivity index (χ1v) is 11.6. The molecule has 0 unspecified atom stereocenters. The average Bonchev–Trinajstić information content (AvgIpc) is 3.35. The van der Waals surface area contributed by atoms with Gasteiger partial charge in [-0.2, -0.15) is 0 Å². The van der Waals surface area contributed by atoms with Gasteiger partial charge in [0.15, 0.2) is 5.78 Å². The van der Waals surface area contributed by atoms with E-state index >= 15 is 0 Å². The summed E-state index contributed by atoms with van der Waals surface area (Å²) in [6, 6.07) is 14.9. The number of ketones is 1. The van der Waals surface area contributed by atoms with Crippen LogP contribution in [0.2, 0.25) is 0 Å². The number of pyridine rings is 1. The van der Waals surface area contributed by atoms with E-state index in [4.69, 9.17) is 0 Å². The number of aryl methyl sites for hydroxylation is 1. The summed E-state index contributed by atoms with van der Waals surface area (Å²) < 4.78 is 4.49. The molecule has 170 valence electrons. The monoisotopic (exact) mass is 515 g/mol. The molecular formula is C26H22BrN5O2. The molecule has 5 aromatic rings. The first-order valence-electron chi connectivity index (χ1n) is 10.8. The van der Waals surface area contributed by atoms with Crippen LogP contribution in [0.1, 0.15) is 27.3 Å². The van der Waals surface area contributed by atoms with Crippen LogP contribution in [0.5, 0.6) is 0 Å². The fraction of sp³-hybridized carbons (Fsp3) is 0.154. The maximum absolute atomic E-state index is 13.4. The number of carbonyl (C=O) groups is 2.